The highest BCUT2D eigenvalue weighted by molar-refractivity contribution is 5.80. The van der Waals surface area contributed by atoms with Crippen molar-refractivity contribution >= 4 is 16.8 Å². The Bertz CT molecular complexity index is 504. The SMILES string of the molecule is NC(=O)CCn1ccc2cc(F)ccc21. The van der Waals surface area contributed by atoms with Crippen LogP contribution in [0.2, 0.25) is 0 Å². The lowest BCUT2D eigenvalue weighted by Crippen LogP contribution is -2.13. The molecule has 0 atom stereocenters. The Hall–Kier alpha value is -1.84. The molecule has 2 aromatic rings. The van der Waals surface area contributed by atoms with Crippen LogP contribution in [0.1, 0.15) is 6.42 Å². The van der Waals surface area contributed by atoms with Crippen LogP contribution in [0.25, 0.3) is 10.9 Å². The van der Waals surface area contributed by atoms with Gasteiger partial charge in [-0.05, 0) is 24.3 Å². The lowest BCUT2D eigenvalue weighted by atomic mass is 10.2. The van der Waals surface area contributed by atoms with Gasteiger partial charge in [-0.15, -0.1) is 0 Å². The summed E-state index contributed by atoms with van der Waals surface area (Å²) in [6.45, 7) is 0.532. The number of aromatic nitrogens is 1. The van der Waals surface area contributed by atoms with E-state index in [0.717, 1.165) is 10.9 Å². The molecule has 15 heavy (non-hydrogen) atoms. The molecule has 0 bridgehead atoms. The number of primary amides is 1. The van der Waals surface area contributed by atoms with E-state index in [1.165, 1.54) is 12.1 Å². The van der Waals surface area contributed by atoms with Gasteiger partial charge in [0.05, 0.1) is 0 Å². The molecule has 78 valence electrons. The standard InChI is InChI=1S/C11H11FN2O/c12-9-1-2-10-8(7-9)3-5-14(10)6-4-11(13)15/h1-3,5,7H,4,6H2,(H2,13,15). The fourth-order valence-electron chi connectivity index (χ4n) is 1.60. The van der Waals surface area contributed by atoms with E-state index in [0.29, 0.717) is 13.0 Å². The first-order valence-electron chi connectivity index (χ1n) is 4.69. The lowest BCUT2D eigenvalue weighted by molar-refractivity contribution is -0.118. The number of carbonyl (C=O) groups excluding carboxylic acids is 1. The average molecular weight is 206 g/mol. The summed E-state index contributed by atoms with van der Waals surface area (Å²) in [6.07, 6.45) is 2.12. The molecule has 2 rings (SSSR count). The summed E-state index contributed by atoms with van der Waals surface area (Å²) in [5.41, 5.74) is 5.98. The Balaban J connectivity index is 2.32. The van der Waals surface area contributed by atoms with Crippen molar-refractivity contribution in [2.24, 2.45) is 5.73 Å². The topological polar surface area (TPSA) is 48.0 Å². The van der Waals surface area contributed by atoms with E-state index in [-0.39, 0.29) is 11.7 Å². The molecule has 0 spiro atoms. The quantitative estimate of drug-likeness (QED) is 0.815. The zero-order valence-corrected chi connectivity index (χ0v) is 8.11. The Kier molecular flexibility index (Phi) is 2.41. The molecule has 1 aromatic carbocycles. The van der Waals surface area contributed by atoms with E-state index in [4.69, 9.17) is 5.73 Å². The van der Waals surface area contributed by atoms with Gasteiger partial charge >= 0.3 is 0 Å². The Morgan fingerprint density at radius 1 is 1.40 bits per heavy atom. The van der Waals surface area contributed by atoms with Crippen LogP contribution in [0.15, 0.2) is 30.5 Å². The van der Waals surface area contributed by atoms with Gasteiger partial charge in [0.1, 0.15) is 5.82 Å². The van der Waals surface area contributed by atoms with Gasteiger partial charge in [0.2, 0.25) is 5.91 Å². The maximum absolute atomic E-state index is 12.9. The van der Waals surface area contributed by atoms with Crippen molar-refractivity contribution < 1.29 is 9.18 Å². The maximum atomic E-state index is 12.9. The molecule has 1 aromatic heterocycles. The first kappa shape index (κ1) is 9.71. The van der Waals surface area contributed by atoms with Crippen LogP contribution in [-0.4, -0.2) is 10.5 Å². The summed E-state index contributed by atoms with van der Waals surface area (Å²) < 4.78 is 14.8. The molecule has 0 unspecified atom stereocenters. The zero-order chi connectivity index (χ0) is 10.8. The van der Waals surface area contributed by atoms with E-state index in [9.17, 15) is 9.18 Å². The van der Waals surface area contributed by atoms with Gasteiger partial charge in [0.15, 0.2) is 0 Å². The number of halogens is 1. The third-order valence-corrected chi connectivity index (χ3v) is 2.33. The minimum atomic E-state index is -0.334. The van der Waals surface area contributed by atoms with Gasteiger partial charge in [-0.25, -0.2) is 4.39 Å². The molecule has 0 saturated carbocycles. The first-order valence-corrected chi connectivity index (χ1v) is 4.69. The highest BCUT2D eigenvalue weighted by atomic mass is 19.1. The van der Waals surface area contributed by atoms with Crippen molar-refractivity contribution in [1.82, 2.24) is 4.57 Å². The minimum absolute atomic E-state index is 0.254. The van der Waals surface area contributed by atoms with Crippen molar-refractivity contribution in [1.29, 1.82) is 0 Å². The van der Waals surface area contributed by atoms with Crippen molar-refractivity contribution in [3.05, 3.63) is 36.3 Å². The van der Waals surface area contributed by atoms with Gasteiger partial charge in [0, 0.05) is 30.1 Å². The number of hydrogen-bond donors (Lipinski definition) is 1. The Morgan fingerprint density at radius 2 is 2.20 bits per heavy atom. The highest BCUT2D eigenvalue weighted by Gasteiger charge is 2.03. The third-order valence-electron chi connectivity index (χ3n) is 2.33. The number of rotatable bonds is 3. The predicted octanol–water partition coefficient (Wildman–Crippen LogP) is 1.66. The van der Waals surface area contributed by atoms with E-state index in [2.05, 4.69) is 0 Å². The summed E-state index contributed by atoms with van der Waals surface area (Å²) in [5, 5.41) is 0.833. The van der Waals surface area contributed by atoms with Crippen LogP contribution in [0.3, 0.4) is 0 Å². The second-order valence-electron chi connectivity index (χ2n) is 3.43. The van der Waals surface area contributed by atoms with Gasteiger partial charge in [0.25, 0.3) is 0 Å². The van der Waals surface area contributed by atoms with Crippen LogP contribution in [-0.2, 0) is 11.3 Å². The fraction of sp³-hybridized carbons (Fsp3) is 0.182. The molecular weight excluding hydrogens is 195 g/mol. The van der Waals surface area contributed by atoms with E-state index in [1.54, 1.807) is 6.07 Å². The Morgan fingerprint density at radius 3 is 2.93 bits per heavy atom. The first-order chi connectivity index (χ1) is 7.16. The van der Waals surface area contributed by atoms with Crippen LogP contribution in [0.5, 0.6) is 0 Å². The summed E-state index contributed by atoms with van der Waals surface area (Å²) in [7, 11) is 0. The van der Waals surface area contributed by atoms with Crippen LogP contribution >= 0.6 is 0 Å². The molecule has 1 heterocycles. The number of carbonyl (C=O) groups is 1. The Labute approximate surface area is 86.3 Å². The number of benzene rings is 1. The molecule has 0 fully saturated rings. The zero-order valence-electron chi connectivity index (χ0n) is 8.11. The lowest BCUT2D eigenvalue weighted by Gasteiger charge is -2.02. The maximum Gasteiger partial charge on any atom is 0.219 e. The molecule has 0 aliphatic rings. The van der Waals surface area contributed by atoms with Crippen molar-refractivity contribution in [2.45, 2.75) is 13.0 Å². The minimum Gasteiger partial charge on any atom is -0.370 e. The van der Waals surface area contributed by atoms with Gasteiger partial charge in [-0.2, -0.15) is 0 Å². The summed E-state index contributed by atoms with van der Waals surface area (Å²) in [6, 6.07) is 6.39. The van der Waals surface area contributed by atoms with Gasteiger partial charge < -0.3 is 10.3 Å². The number of nitrogens with zero attached hydrogens (tertiary/aromatic N) is 1. The third kappa shape index (κ3) is 1.98. The van der Waals surface area contributed by atoms with Crippen LogP contribution in [0.4, 0.5) is 4.39 Å². The number of amides is 1. The highest BCUT2D eigenvalue weighted by Crippen LogP contribution is 2.17. The predicted molar refractivity (Wildman–Crippen MR) is 55.7 cm³/mol. The van der Waals surface area contributed by atoms with Crippen molar-refractivity contribution in [3.8, 4) is 0 Å². The molecule has 2 N–H and O–H groups in total. The monoisotopic (exact) mass is 206 g/mol. The summed E-state index contributed by atoms with van der Waals surface area (Å²) in [5.74, 6) is -0.589. The number of fused-ring (bicyclic) bond motifs is 1. The molecule has 1 amide bonds. The molecule has 0 saturated heterocycles. The number of hydrogen-bond acceptors (Lipinski definition) is 1. The van der Waals surface area contributed by atoms with E-state index >= 15 is 0 Å². The number of nitrogens with two attached hydrogens (primary N) is 1. The van der Waals surface area contributed by atoms with Crippen LogP contribution < -0.4 is 5.73 Å². The molecule has 4 heteroatoms. The molecule has 0 radical (unpaired) electrons. The second-order valence-corrected chi connectivity index (χ2v) is 3.43. The van der Waals surface area contributed by atoms with E-state index in [1.807, 2.05) is 16.8 Å². The molecule has 0 aliphatic heterocycles. The van der Waals surface area contributed by atoms with Crippen molar-refractivity contribution in [3.63, 3.8) is 0 Å². The summed E-state index contributed by atoms with van der Waals surface area (Å²) >= 11 is 0. The molecular formula is C11H11FN2O. The fourth-order valence-corrected chi connectivity index (χ4v) is 1.60. The smallest absolute Gasteiger partial charge is 0.219 e. The van der Waals surface area contributed by atoms with E-state index < -0.39 is 0 Å². The van der Waals surface area contributed by atoms with Crippen LogP contribution in [0, 0.1) is 5.82 Å². The van der Waals surface area contributed by atoms with Gasteiger partial charge in [-0.1, -0.05) is 0 Å². The second kappa shape index (κ2) is 3.73. The van der Waals surface area contributed by atoms with Crippen molar-refractivity contribution in [2.75, 3.05) is 0 Å². The average Bonchev–Trinajstić information content (AvgIpc) is 2.57. The molecule has 3 nitrogen and oxygen atoms in total. The molecule has 0 aliphatic carbocycles. The largest absolute Gasteiger partial charge is 0.370 e. The van der Waals surface area contributed by atoms with Gasteiger partial charge in [-0.3, -0.25) is 4.79 Å². The number of aryl methyl sites for hydroxylation is 1. The summed E-state index contributed by atoms with van der Waals surface area (Å²) in [4.78, 5) is 10.6. The normalized spacial score (nSPS) is 10.7.